The van der Waals surface area contributed by atoms with E-state index in [0.717, 1.165) is 27.0 Å². The standard InChI is InChI=1S/C14H12ClN3OS2/c1-9-16-12(8-20-9)6-13-17-18-14(19-13)21-7-10-3-2-4-11(15)5-10/h2-5,8H,6-7H2,1H3. The number of hydrogen-bond acceptors (Lipinski definition) is 6. The fourth-order valence-electron chi connectivity index (χ4n) is 1.78. The Hall–Kier alpha value is -1.37. The Balaban J connectivity index is 1.60. The lowest BCUT2D eigenvalue weighted by atomic mass is 10.2. The van der Waals surface area contributed by atoms with E-state index < -0.39 is 0 Å². The van der Waals surface area contributed by atoms with Crippen LogP contribution >= 0.6 is 34.7 Å². The first kappa shape index (κ1) is 14.6. The largest absolute Gasteiger partial charge is 0.416 e. The van der Waals surface area contributed by atoms with Gasteiger partial charge < -0.3 is 4.42 Å². The van der Waals surface area contributed by atoms with E-state index in [0.29, 0.717) is 17.5 Å². The predicted molar refractivity (Wildman–Crippen MR) is 85.0 cm³/mol. The smallest absolute Gasteiger partial charge is 0.276 e. The topological polar surface area (TPSA) is 51.8 Å². The number of thiazole rings is 1. The normalized spacial score (nSPS) is 11.0. The van der Waals surface area contributed by atoms with Crippen molar-refractivity contribution in [2.45, 2.75) is 24.3 Å². The van der Waals surface area contributed by atoms with Gasteiger partial charge in [0, 0.05) is 16.2 Å². The third-order valence-corrected chi connectivity index (χ3v) is 4.65. The minimum Gasteiger partial charge on any atom is -0.416 e. The lowest BCUT2D eigenvalue weighted by Crippen LogP contribution is -1.88. The fourth-order valence-corrected chi connectivity index (χ4v) is 3.33. The van der Waals surface area contributed by atoms with Gasteiger partial charge in [-0.15, -0.1) is 21.5 Å². The SMILES string of the molecule is Cc1nc(Cc2nnc(SCc3cccc(Cl)c3)o2)cs1. The van der Waals surface area contributed by atoms with Crippen LogP contribution < -0.4 is 0 Å². The van der Waals surface area contributed by atoms with Gasteiger partial charge in [0.2, 0.25) is 5.89 Å². The van der Waals surface area contributed by atoms with Crippen molar-refractivity contribution in [1.29, 1.82) is 0 Å². The molecule has 0 fully saturated rings. The number of hydrogen-bond donors (Lipinski definition) is 0. The summed E-state index contributed by atoms with van der Waals surface area (Å²) in [5.41, 5.74) is 2.09. The molecule has 0 bridgehead atoms. The average molecular weight is 338 g/mol. The van der Waals surface area contributed by atoms with Crippen LogP contribution in [0.5, 0.6) is 0 Å². The Morgan fingerprint density at radius 3 is 3.00 bits per heavy atom. The Labute approximate surface area is 135 Å². The molecule has 7 heteroatoms. The highest BCUT2D eigenvalue weighted by atomic mass is 35.5. The zero-order valence-electron chi connectivity index (χ0n) is 11.2. The van der Waals surface area contributed by atoms with Gasteiger partial charge in [0.05, 0.1) is 17.1 Å². The maximum atomic E-state index is 5.96. The summed E-state index contributed by atoms with van der Waals surface area (Å²) in [6, 6.07) is 7.75. The minimum absolute atomic E-state index is 0.567. The zero-order valence-corrected chi connectivity index (χ0v) is 13.6. The third-order valence-electron chi connectivity index (χ3n) is 2.70. The molecule has 21 heavy (non-hydrogen) atoms. The number of aromatic nitrogens is 3. The average Bonchev–Trinajstić information content (AvgIpc) is 3.06. The first-order chi connectivity index (χ1) is 10.2. The lowest BCUT2D eigenvalue weighted by molar-refractivity contribution is 0.419. The molecule has 2 heterocycles. The highest BCUT2D eigenvalue weighted by molar-refractivity contribution is 7.98. The van der Waals surface area contributed by atoms with E-state index in [1.165, 1.54) is 11.8 Å². The second-order valence-corrected chi connectivity index (χ2v) is 6.84. The van der Waals surface area contributed by atoms with Crippen LogP contribution in [0, 0.1) is 6.92 Å². The van der Waals surface area contributed by atoms with Crippen molar-refractivity contribution in [3.8, 4) is 0 Å². The zero-order chi connectivity index (χ0) is 14.7. The molecule has 0 amide bonds. The molecule has 3 rings (SSSR count). The van der Waals surface area contributed by atoms with E-state index in [-0.39, 0.29) is 0 Å². The van der Waals surface area contributed by atoms with Crippen LogP contribution in [0.15, 0.2) is 39.3 Å². The maximum Gasteiger partial charge on any atom is 0.276 e. The predicted octanol–water partition coefficient (Wildman–Crippen LogP) is 4.37. The highest BCUT2D eigenvalue weighted by Gasteiger charge is 2.09. The summed E-state index contributed by atoms with van der Waals surface area (Å²) in [6.07, 6.45) is 0.578. The van der Waals surface area contributed by atoms with Crippen molar-refractivity contribution in [2.24, 2.45) is 0 Å². The van der Waals surface area contributed by atoms with E-state index in [9.17, 15) is 0 Å². The second kappa shape index (κ2) is 6.60. The monoisotopic (exact) mass is 337 g/mol. The Morgan fingerprint density at radius 2 is 2.24 bits per heavy atom. The quantitative estimate of drug-likeness (QED) is 0.647. The summed E-state index contributed by atoms with van der Waals surface area (Å²) < 4.78 is 5.62. The molecule has 4 nitrogen and oxygen atoms in total. The maximum absolute atomic E-state index is 5.96. The van der Waals surface area contributed by atoms with Crippen molar-refractivity contribution >= 4 is 34.7 Å². The minimum atomic E-state index is 0.567. The van der Waals surface area contributed by atoms with Gasteiger partial charge in [-0.05, 0) is 24.6 Å². The molecule has 0 atom stereocenters. The van der Waals surface area contributed by atoms with Crippen LogP contribution in [0.3, 0.4) is 0 Å². The van der Waals surface area contributed by atoms with E-state index in [1.54, 1.807) is 11.3 Å². The van der Waals surface area contributed by atoms with Crippen LogP contribution in [-0.2, 0) is 12.2 Å². The molecular weight excluding hydrogens is 326 g/mol. The molecule has 0 aliphatic rings. The first-order valence-electron chi connectivity index (χ1n) is 6.29. The molecule has 2 aromatic heterocycles. The molecule has 0 spiro atoms. The molecule has 108 valence electrons. The van der Waals surface area contributed by atoms with Crippen LogP contribution in [0.2, 0.25) is 5.02 Å². The molecule has 0 unspecified atom stereocenters. The van der Waals surface area contributed by atoms with Gasteiger partial charge in [-0.1, -0.05) is 35.5 Å². The van der Waals surface area contributed by atoms with Crippen LogP contribution in [-0.4, -0.2) is 15.2 Å². The first-order valence-corrected chi connectivity index (χ1v) is 8.54. The number of benzene rings is 1. The number of halogens is 1. The van der Waals surface area contributed by atoms with Crippen molar-refractivity contribution in [3.63, 3.8) is 0 Å². The van der Waals surface area contributed by atoms with Gasteiger partial charge in [0.15, 0.2) is 0 Å². The van der Waals surface area contributed by atoms with Crippen LogP contribution in [0.25, 0.3) is 0 Å². The fraction of sp³-hybridized carbons (Fsp3) is 0.214. The van der Waals surface area contributed by atoms with E-state index in [1.807, 2.05) is 36.6 Å². The van der Waals surface area contributed by atoms with Crippen LogP contribution in [0.1, 0.15) is 22.2 Å². The van der Waals surface area contributed by atoms with E-state index in [4.69, 9.17) is 16.0 Å². The highest BCUT2D eigenvalue weighted by Crippen LogP contribution is 2.23. The molecule has 0 aliphatic heterocycles. The van der Waals surface area contributed by atoms with E-state index in [2.05, 4.69) is 15.2 Å². The third kappa shape index (κ3) is 4.06. The number of aryl methyl sites for hydroxylation is 1. The summed E-state index contributed by atoms with van der Waals surface area (Å²) in [5, 5.41) is 12.5. The summed E-state index contributed by atoms with van der Waals surface area (Å²) in [5.74, 6) is 1.34. The van der Waals surface area contributed by atoms with Gasteiger partial charge in [0.1, 0.15) is 0 Å². The molecule has 0 N–H and O–H groups in total. The molecular formula is C14H12ClN3OS2. The van der Waals surface area contributed by atoms with Crippen molar-refractivity contribution in [1.82, 2.24) is 15.2 Å². The van der Waals surface area contributed by atoms with Crippen molar-refractivity contribution < 1.29 is 4.42 Å². The van der Waals surface area contributed by atoms with Gasteiger partial charge >= 0.3 is 0 Å². The summed E-state index contributed by atoms with van der Waals surface area (Å²) in [7, 11) is 0. The number of nitrogens with zero attached hydrogens (tertiary/aromatic N) is 3. The molecule has 0 saturated carbocycles. The molecule has 1 aromatic carbocycles. The summed E-state index contributed by atoms with van der Waals surface area (Å²) in [6.45, 7) is 1.98. The summed E-state index contributed by atoms with van der Waals surface area (Å²) in [4.78, 5) is 4.39. The number of thioether (sulfide) groups is 1. The van der Waals surface area contributed by atoms with Gasteiger partial charge in [-0.2, -0.15) is 0 Å². The molecule has 0 aliphatic carbocycles. The Bertz CT molecular complexity index is 741. The molecule has 3 aromatic rings. The van der Waals surface area contributed by atoms with Gasteiger partial charge in [-0.3, -0.25) is 0 Å². The molecule has 0 radical (unpaired) electrons. The van der Waals surface area contributed by atoms with Crippen molar-refractivity contribution in [3.05, 3.63) is 56.8 Å². The van der Waals surface area contributed by atoms with Gasteiger partial charge in [0.25, 0.3) is 5.22 Å². The number of rotatable bonds is 5. The van der Waals surface area contributed by atoms with E-state index >= 15 is 0 Å². The second-order valence-electron chi connectivity index (χ2n) is 4.41. The van der Waals surface area contributed by atoms with Gasteiger partial charge in [-0.25, -0.2) is 4.98 Å². The Kier molecular flexibility index (Phi) is 4.57. The lowest BCUT2D eigenvalue weighted by Gasteiger charge is -1.98. The molecule has 0 saturated heterocycles. The van der Waals surface area contributed by atoms with Crippen molar-refractivity contribution in [2.75, 3.05) is 0 Å². The Morgan fingerprint density at radius 1 is 1.33 bits per heavy atom. The van der Waals surface area contributed by atoms with Crippen LogP contribution in [0.4, 0.5) is 0 Å². The summed E-state index contributed by atoms with van der Waals surface area (Å²) >= 11 is 9.08.